The van der Waals surface area contributed by atoms with Crippen molar-refractivity contribution in [2.75, 3.05) is 40.9 Å². The zero-order valence-electron chi connectivity index (χ0n) is 35.0. The summed E-state index contributed by atoms with van der Waals surface area (Å²) in [5.74, 6) is -0.189. The lowest BCUT2D eigenvalue weighted by atomic mass is 10.0. The first kappa shape index (κ1) is 51.5. The van der Waals surface area contributed by atoms with Crippen molar-refractivity contribution in [1.82, 2.24) is 5.32 Å². The predicted octanol–water partition coefficient (Wildman–Crippen LogP) is 11.7. The highest BCUT2D eigenvalue weighted by Gasteiger charge is 2.27. The SMILES string of the molecule is CCCCCC/C=C/C(O)C(COP(=O)(O)OCC[N+](C)(C)C)NC(=O)CCCCCCCCCCCC/C=C\C/C=C\C/C=C\CCCCCCC. The zero-order chi connectivity index (χ0) is 39.3. The maximum atomic E-state index is 12.8. The maximum Gasteiger partial charge on any atom is 0.472 e. The molecule has 3 N–H and O–H groups in total. The number of aliphatic hydroxyl groups is 1. The molecule has 0 radical (unpaired) electrons. The van der Waals surface area contributed by atoms with Crippen LogP contribution in [0.1, 0.15) is 174 Å². The smallest absolute Gasteiger partial charge is 0.387 e. The standard InChI is InChI=1S/C44H83N2O6P/c1-6-8-10-12-14-15-16-17-18-19-20-21-22-23-24-25-26-27-28-29-30-31-32-34-36-38-44(48)45-42(43(47)37-35-33-13-11-9-7-2)41-52-53(49,50)51-40-39-46(3,4)5/h16-17,19-20,22-23,35,37,42-43,47H,6-15,18,21,24-34,36,38-41H2,1-5H3,(H-,45,48,49,50)/p+1/b17-16-,20-19-,23-22-,37-35+. The van der Waals surface area contributed by atoms with Crippen LogP contribution in [0.3, 0.4) is 0 Å². The highest BCUT2D eigenvalue weighted by molar-refractivity contribution is 7.47. The number of carbonyl (C=O) groups excluding carboxylic acids is 1. The van der Waals surface area contributed by atoms with E-state index >= 15 is 0 Å². The Hall–Kier alpha value is -1.54. The Labute approximate surface area is 327 Å². The molecular formula is C44H84N2O6P+. The minimum atomic E-state index is -4.32. The topological polar surface area (TPSA) is 105 Å². The van der Waals surface area contributed by atoms with Gasteiger partial charge in [-0.1, -0.05) is 159 Å². The van der Waals surface area contributed by atoms with Crippen LogP contribution in [0.15, 0.2) is 48.6 Å². The van der Waals surface area contributed by atoms with Crippen LogP contribution in [0.2, 0.25) is 0 Å². The zero-order valence-corrected chi connectivity index (χ0v) is 35.9. The fourth-order valence-electron chi connectivity index (χ4n) is 5.81. The molecule has 310 valence electrons. The van der Waals surface area contributed by atoms with Crippen molar-refractivity contribution in [3.05, 3.63) is 48.6 Å². The summed E-state index contributed by atoms with van der Waals surface area (Å²) >= 11 is 0. The molecule has 0 saturated heterocycles. The van der Waals surface area contributed by atoms with E-state index < -0.39 is 20.0 Å². The minimum Gasteiger partial charge on any atom is -0.387 e. The quantitative estimate of drug-likeness (QED) is 0.0250. The molecule has 3 atom stereocenters. The van der Waals surface area contributed by atoms with E-state index in [1.54, 1.807) is 6.08 Å². The van der Waals surface area contributed by atoms with Gasteiger partial charge in [0, 0.05) is 6.42 Å². The molecule has 0 spiro atoms. The molecule has 0 aromatic rings. The van der Waals surface area contributed by atoms with Crippen molar-refractivity contribution in [2.45, 2.75) is 187 Å². The number of quaternary nitrogens is 1. The van der Waals surface area contributed by atoms with Crippen LogP contribution in [0, 0.1) is 0 Å². The number of carbonyl (C=O) groups is 1. The Morgan fingerprint density at radius 3 is 1.58 bits per heavy atom. The van der Waals surface area contributed by atoms with Crippen LogP contribution >= 0.6 is 7.82 Å². The monoisotopic (exact) mass is 768 g/mol. The Bertz CT molecular complexity index is 1010. The molecule has 0 fully saturated rings. The lowest BCUT2D eigenvalue weighted by Gasteiger charge is -2.25. The van der Waals surface area contributed by atoms with Crippen LogP contribution in [0.25, 0.3) is 0 Å². The Morgan fingerprint density at radius 1 is 0.642 bits per heavy atom. The lowest BCUT2D eigenvalue weighted by molar-refractivity contribution is -0.870. The van der Waals surface area contributed by atoms with Crippen molar-refractivity contribution in [1.29, 1.82) is 0 Å². The van der Waals surface area contributed by atoms with Gasteiger partial charge in [0.15, 0.2) is 0 Å². The van der Waals surface area contributed by atoms with E-state index in [0.717, 1.165) is 57.8 Å². The molecule has 1 amide bonds. The first-order valence-corrected chi connectivity index (χ1v) is 23.0. The number of unbranched alkanes of at least 4 members (excludes halogenated alkanes) is 19. The summed E-state index contributed by atoms with van der Waals surface area (Å²) in [6.45, 7) is 4.70. The van der Waals surface area contributed by atoms with Crippen LogP contribution in [-0.4, -0.2) is 73.4 Å². The number of hydrogen-bond acceptors (Lipinski definition) is 5. The van der Waals surface area contributed by atoms with Crippen LogP contribution < -0.4 is 5.32 Å². The number of hydrogen-bond donors (Lipinski definition) is 3. The largest absolute Gasteiger partial charge is 0.472 e. The molecule has 0 heterocycles. The van der Waals surface area contributed by atoms with E-state index in [4.69, 9.17) is 9.05 Å². The van der Waals surface area contributed by atoms with Crippen molar-refractivity contribution in [3.8, 4) is 0 Å². The molecule has 0 aliphatic carbocycles. The molecule has 9 heteroatoms. The summed E-state index contributed by atoms with van der Waals surface area (Å²) in [7, 11) is 1.56. The van der Waals surface area contributed by atoms with Gasteiger partial charge < -0.3 is 19.8 Å². The van der Waals surface area contributed by atoms with Crippen molar-refractivity contribution < 1.29 is 32.9 Å². The van der Waals surface area contributed by atoms with Gasteiger partial charge in [-0.2, -0.15) is 0 Å². The molecule has 3 unspecified atom stereocenters. The molecule has 0 aromatic heterocycles. The van der Waals surface area contributed by atoms with Crippen molar-refractivity contribution >= 4 is 13.7 Å². The lowest BCUT2D eigenvalue weighted by Crippen LogP contribution is -2.45. The number of aliphatic hydroxyl groups excluding tert-OH is 1. The van der Waals surface area contributed by atoms with Gasteiger partial charge in [-0.05, 0) is 57.8 Å². The number of rotatable bonds is 38. The summed E-state index contributed by atoms with van der Waals surface area (Å²) in [4.78, 5) is 22.9. The molecule has 0 saturated carbocycles. The van der Waals surface area contributed by atoms with Gasteiger partial charge >= 0.3 is 7.82 Å². The van der Waals surface area contributed by atoms with Gasteiger partial charge in [0.05, 0.1) is 39.9 Å². The molecule has 0 aliphatic heterocycles. The molecule has 0 aromatic carbocycles. The number of phosphoric acid groups is 1. The van der Waals surface area contributed by atoms with E-state index in [9.17, 15) is 19.4 Å². The summed E-state index contributed by atoms with van der Waals surface area (Å²) in [6, 6.07) is -0.845. The molecule has 0 rings (SSSR count). The number of allylic oxidation sites excluding steroid dienone is 7. The first-order valence-electron chi connectivity index (χ1n) is 21.5. The van der Waals surface area contributed by atoms with Gasteiger partial charge in [0.1, 0.15) is 13.2 Å². The summed E-state index contributed by atoms with van der Waals surface area (Å²) < 4.78 is 23.4. The minimum absolute atomic E-state index is 0.0584. The van der Waals surface area contributed by atoms with Gasteiger partial charge in [-0.3, -0.25) is 13.8 Å². The van der Waals surface area contributed by atoms with Crippen LogP contribution in [-0.2, 0) is 18.4 Å². The Balaban J connectivity index is 4.11. The van der Waals surface area contributed by atoms with Crippen LogP contribution in [0.5, 0.6) is 0 Å². The van der Waals surface area contributed by atoms with Gasteiger partial charge in [0.2, 0.25) is 5.91 Å². The molecule has 0 bridgehead atoms. The molecule has 53 heavy (non-hydrogen) atoms. The number of likely N-dealkylation sites (N-methyl/N-ethyl adjacent to an activating group) is 1. The number of phosphoric ester groups is 1. The third-order valence-corrected chi connectivity index (χ3v) is 10.3. The average Bonchev–Trinajstić information content (AvgIpc) is 3.10. The van der Waals surface area contributed by atoms with E-state index in [2.05, 4.69) is 55.6 Å². The Morgan fingerprint density at radius 2 is 1.08 bits per heavy atom. The normalized spacial score (nSPS) is 14.9. The van der Waals surface area contributed by atoms with Crippen molar-refractivity contribution in [3.63, 3.8) is 0 Å². The van der Waals surface area contributed by atoms with Crippen molar-refractivity contribution in [2.24, 2.45) is 0 Å². The summed E-state index contributed by atoms with van der Waals surface area (Å²) in [6.07, 6.45) is 45.0. The fourth-order valence-corrected chi connectivity index (χ4v) is 6.55. The Kier molecular flexibility index (Phi) is 35.1. The molecule has 0 aliphatic rings. The van der Waals surface area contributed by atoms with Crippen LogP contribution in [0.4, 0.5) is 0 Å². The van der Waals surface area contributed by atoms with E-state index in [-0.39, 0.29) is 19.1 Å². The van der Waals surface area contributed by atoms with Gasteiger partial charge in [-0.15, -0.1) is 0 Å². The number of amides is 1. The third-order valence-electron chi connectivity index (χ3n) is 9.29. The highest BCUT2D eigenvalue weighted by Crippen LogP contribution is 2.43. The fraction of sp³-hybridized carbons (Fsp3) is 0.795. The number of nitrogens with zero attached hydrogens (tertiary/aromatic N) is 1. The van der Waals surface area contributed by atoms with E-state index in [1.807, 2.05) is 27.2 Å². The summed E-state index contributed by atoms with van der Waals surface area (Å²) in [5, 5.41) is 13.6. The third kappa shape index (κ3) is 38.5. The number of nitrogens with one attached hydrogen (secondary N) is 1. The average molecular weight is 768 g/mol. The highest BCUT2D eigenvalue weighted by atomic mass is 31.2. The molecular weight excluding hydrogens is 683 g/mol. The second-order valence-corrected chi connectivity index (χ2v) is 17.2. The van der Waals surface area contributed by atoms with E-state index in [0.29, 0.717) is 17.4 Å². The second-order valence-electron chi connectivity index (χ2n) is 15.7. The van der Waals surface area contributed by atoms with Gasteiger partial charge in [-0.25, -0.2) is 4.57 Å². The maximum absolute atomic E-state index is 12.8. The predicted molar refractivity (Wildman–Crippen MR) is 226 cm³/mol. The first-order chi connectivity index (χ1) is 25.5. The summed E-state index contributed by atoms with van der Waals surface area (Å²) in [5.41, 5.74) is 0. The van der Waals surface area contributed by atoms with Gasteiger partial charge in [0.25, 0.3) is 0 Å². The van der Waals surface area contributed by atoms with E-state index in [1.165, 1.54) is 96.3 Å². The second kappa shape index (κ2) is 36.1. The molecule has 8 nitrogen and oxygen atoms in total.